The molecular weight excluding hydrogens is 333 g/mol. The molecule has 0 aliphatic rings. The van der Waals surface area contributed by atoms with Crippen molar-refractivity contribution in [2.24, 2.45) is 0 Å². The average Bonchev–Trinajstić information content (AvgIpc) is 2.68. The molecule has 0 fully saturated rings. The summed E-state index contributed by atoms with van der Waals surface area (Å²) in [6.45, 7) is 0. The third kappa shape index (κ3) is 4.10. The molecule has 0 aliphatic carbocycles. The van der Waals surface area contributed by atoms with Crippen LogP contribution in [0.2, 0.25) is 0 Å². The fourth-order valence-corrected chi connectivity index (χ4v) is 2.57. The van der Waals surface area contributed by atoms with E-state index in [1.165, 1.54) is 12.1 Å². The Hall–Kier alpha value is -3.54. The highest BCUT2D eigenvalue weighted by atomic mass is 19.1. The molecule has 0 radical (unpaired) electrons. The van der Waals surface area contributed by atoms with E-state index in [0.29, 0.717) is 17.7 Å². The number of nitrogens with zero attached hydrogens (tertiary/aromatic N) is 1. The molecule has 3 aromatic rings. The number of hydrogen-bond acceptors (Lipinski definition) is 3. The molecule has 26 heavy (non-hydrogen) atoms. The van der Waals surface area contributed by atoms with Gasteiger partial charge in [0, 0.05) is 23.6 Å². The lowest BCUT2D eigenvalue weighted by Gasteiger charge is -2.20. The molecule has 0 saturated carbocycles. The molecule has 0 aliphatic heterocycles. The van der Waals surface area contributed by atoms with Crippen molar-refractivity contribution in [1.82, 2.24) is 10.3 Å². The molecule has 6 heteroatoms. The van der Waals surface area contributed by atoms with E-state index in [9.17, 15) is 14.0 Å². The van der Waals surface area contributed by atoms with Crippen LogP contribution in [0.1, 0.15) is 27.5 Å². The van der Waals surface area contributed by atoms with E-state index < -0.39 is 6.04 Å². The summed E-state index contributed by atoms with van der Waals surface area (Å²) in [5.41, 5.74) is 2.63. The zero-order valence-electron chi connectivity index (χ0n) is 13.7. The van der Waals surface area contributed by atoms with Crippen molar-refractivity contribution in [3.8, 4) is 0 Å². The van der Waals surface area contributed by atoms with Crippen LogP contribution in [0.15, 0.2) is 73.1 Å². The summed E-state index contributed by atoms with van der Waals surface area (Å²) in [5, 5.41) is 5.47. The predicted molar refractivity (Wildman–Crippen MR) is 96.1 cm³/mol. The van der Waals surface area contributed by atoms with E-state index >= 15 is 0 Å². The van der Waals surface area contributed by atoms with Crippen molar-refractivity contribution in [3.63, 3.8) is 0 Å². The van der Waals surface area contributed by atoms with Gasteiger partial charge in [-0.3, -0.25) is 14.6 Å². The van der Waals surface area contributed by atoms with E-state index in [-0.39, 0.29) is 11.7 Å². The lowest BCUT2D eigenvalue weighted by Crippen LogP contribution is -2.29. The highest BCUT2D eigenvalue weighted by molar-refractivity contribution is 5.95. The van der Waals surface area contributed by atoms with Gasteiger partial charge in [-0.05, 0) is 59.7 Å². The highest BCUT2D eigenvalue weighted by Gasteiger charge is 2.18. The molecule has 0 bridgehead atoms. The number of benzene rings is 2. The maximum Gasteiger partial charge on any atom is 0.252 e. The van der Waals surface area contributed by atoms with Gasteiger partial charge in [-0.1, -0.05) is 12.1 Å². The third-order valence-electron chi connectivity index (χ3n) is 3.89. The van der Waals surface area contributed by atoms with Gasteiger partial charge in [-0.2, -0.15) is 0 Å². The smallest absolute Gasteiger partial charge is 0.252 e. The Kier molecular flexibility index (Phi) is 5.34. The molecule has 0 spiro atoms. The molecule has 3 rings (SSSR count). The minimum absolute atomic E-state index is 0.284. The van der Waals surface area contributed by atoms with Crippen LogP contribution in [0, 0.1) is 5.82 Å². The zero-order chi connectivity index (χ0) is 18.4. The van der Waals surface area contributed by atoms with Crippen molar-refractivity contribution in [2.45, 2.75) is 6.04 Å². The maximum absolute atomic E-state index is 13.3. The molecule has 130 valence electrons. The minimum atomic E-state index is -0.445. The fourth-order valence-electron chi connectivity index (χ4n) is 2.57. The Morgan fingerprint density at radius 1 is 0.923 bits per heavy atom. The van der Waals surface area contributed by atoms with Crippen molar-refractivity contribution in [1.29, 1.82) is 0 Å². The van der Waals surface area contributed by atoms with Gasteiger partial charge in [0.2, 0.25) is 6.41 Å². The van der Waals surface area contributed by atoms with Crippen LogP contribution >= 0.6 is 0 Å². The maximum atomic E-state index is 13.3. The average molecular weight is 349 g/mol. The van der Waals surface area contributed by atoms with Gasteiger partial charge >= 0.3 is 0 Å². The number of nitrogens with one attached hydrogen (secondary N) is 2. The van der Waals surface area contributed by atoms with Crippen LogP contribution in [0.3, 0.4) is 0 Å². The zero-order valence-corrected chi connectivity index (χ0v) is 13.7. The first kappa shape index (κ1) is 17.3. The molecule has 1 atom stereocenters. The number of carbonyl (C=O) groups excluding carboxylic acids is 2. The van der Waals surface area contributed by atoms with E-state index in [1.807, 2.05) is 0 Å². The standard InChI is InChI=1S/C20H16FN3O2/c21-17-5-1-14(2-6-17)19(15-9-11-22-12-10-15)24-20(26)16-3-7-18(8-4-16)23-13-25/h1-13,19H,(H,23,25)(H,24,26)/t19-/m0/s1. The SMILES string of the molecule is O=CNc1ccc(C(=O)N[C@H](c2ccncc2)c2ccc(F)cc2)cc1. The Bertz CT molecular complexity index is 881. The number of aromatic nitrogens is 1. The Morgan fingerprint density at radius 2 is 1.54 bits per heavy atom. The summed E-state index contributed by atoms with van der Waals surface area (Å²) < 4.78 is 13.3. The van der Waals surface area contributed by atoms with Gasteiger partial charge in [-0.25, -0.2) is 4.39 Å². The van der Waals surface area contributed by atoms with Gasteiger partial charge in [0.15, 0.2) is 0 Å². The number of anilines is 1. The first-order valence-electron chi connectivity index (χ1n) is 7.94. The molecule has 0 unspecified atom stereocenters. The van der Waals surface area contributed by atoms with Crippen LogP contribution in [-0.4, -0.2) is 17.3 Å². The highest BCUT2D eigenvalue weighted by Crippen LogP contribution is 2.22. The minimum Gasteiger partial charge on any atom is -0.341 e. The molecule has 5 nitrogen and oxygen atoms in total. The number of halogens is 1. The van der Waals surface area contributed by atoms with E-state index in [2.05, 4.69) is 15.6 Å². The van der Waals surface area contributed by atoms with Gasteiger partial charge < -0.3 is 10.6 Å². The summed E-state index contributed by atoms with van der Waals surface area (Å²) in [7, 11) is 0. The number of amides is 2. The third-order valence-corrected chi connectivity index (χ3v) is 3.89. The summed E-state index contributed by atoms with van der Waals surface area (Å²) in [4.78, 5) is 27.1. The van der Waals surface area contributed by atoms with Crippen LogP contribution in [0.25, 0.3) is 0 Å². The Balaban J connectivity index is 1.86. The van der Waals surface area contributed by atoms with Crippen LogP contribution in [0.5, 0.6) is 0 Å². The summed E-state index contributed by atoms with van der Waals surface area (Å²) >= 11 is 0. The summed E-state index contributed by atoms with van der Waals surface area (Å²) in [5.74, 6) is -0.624. The number of pyridine rings is 1. The summed E-state index contributed by atoms with van der Waals surface area (Å²) in [6.07, 6.45) is 3.85. The van der Waals surface area contributed by atoms with Gasteiger partial charge in [0.1, 0.15) is 5.82 Å². The molecule has 1 heterocycles. The number of rotatable bonds is 6. The molecular formula is C20H16FN3O2. The van der Waals surface area contributed by atoms with Gasteiger partial charge in [-0.15, -0.1) is 0 Å². The second-order valence-electron chi connectivity index (χ2n) is 5.58. The number of carbonyl (C=O) groups is 2. The fraction of sp³-hybridized carbons (Fsp3) is 0.0500. The van der Waals surface area contributed by atoms with Crippen LogP contribution in [-0.2, 0) is 4.79 Å². The Labute approximate surface area is 149 Å². The Morgan fingerprint density at radius 3 is 2.15 bits per heavy atom. The quantitative estimate of drug-likeness (QED) is 0.671. The van der Waals surface area contributed by atoms with E-state index in [1.54, 1.807) is 60.9 Å². The van der Waals surface area contributed by atoms with Gasteiger partial charge in [0.05, 0.1) is 6.04 Å². The lowest BCUT2D eigenvalue weighted by molar-refractivity contribution is -0.105. The first-order chi connectivity index (χ1) is 12.7. The molecule has 2 amide bonds. The van der Waals surface area contributed by atoms with Crippen LogP contribution < -0.4 is 10.6 Å². The predicted octanol–water partition coefficient (Wildman–Crippen LogP) is 3.31. The van der Waals surface area contributed by atoms with Crippen molar-refractivity contribution in [2.75, 3.05) is 5.32 Å². The second-order valence-corrected chi connectivity index (χ2v) is 5.58. The largest absolute Gasteiger partial charge is 0.341 e. The van der Waals surface area contributed by atoms with Crippen molar-refractivity contribution in [3.05, 3.63) is 95.6 Å². The molecule has 1 aromatic heterocycles. The first-order valence-corrected chi connectivity index (χ1v) is 7.94. The van der Waals surface area contributed by atoms with Crippen molar-refractivity contribution >= 4 is 18.0 Å². The molecule has 2 aromatic carbocycles. The summed E-state index contributed by atoms with van der Waals surface area (Å²) in [6, 6.07) is 15.7. The lowest BCUT2D eigenvalue weighted by atomic mass is 9.99. The van der Waals surface area contributed by atoms with E-state index in [4.69, 9.17) is 0 Å². The number of hydrogen-bond donors (Lipinski definition) is 2. The normalized spacial score (nSPS) is 11.4. The molecule has 2 N–H and O–H groups in total. The monoisotopic (exact) mass is 349 g/mol. The second kappa shape index (κ2) is 8.02. The van der Waals surface area contributed by atoms with Gasteiger partial charge in [0.25, 0.3) is 5.91 Å². The van der Waals surface area contributed by atoms with Crippen LogP contribution in [0.4, 0.5) is 10.1 Å². The topological polar surface area (TPSA) is 71.1 Å². The molecule has 0 saturated heterocycles. The van der Waals surface area contributed by atoms with Crippen molar-refractivity contribution < 1.29 is 14.0 Å². The van der Waals surface area contributed by atoms with E-state index in [0.717, 1.165) is 11.1 Å².